The Bertz CT molecular complexity index is 972. The van der Waals surface area contributed by atoms with E-state index in [-0.39, 0.29) is 18.6 Å². The first kappa shape index (κ1) is 33.3. The van der Waals surface area contributed by atoms with Crippen LogP contribution in [0.5, 0.6) is 5.75 Å². The summed E-state index contributed by atoms with van der Waals surface area (Å²) in [7, 11) is 0. The first-order valence-electron chi connectivity index (χ1n) is 13.0. The topological polar surface area (TPSA) is 234 Å². The summed E-state index contributed by atoms with van der Waals surface area (Å²) in [4.78, 5) is 62.0. The van der Waals surface area contributed by atoms with E-state index in [0.29, 0.717) is 37.8 Å². The molecule has 1 rings (SSSR count). The highest BCUT2D eigenvalue weighted by atomic mass is 16.4. The molecular weight excluding hydrogens is 510 g/mol. The molecule has 218 valence electrons. The molecular formula is C26H41N5O8. The molecule has 3 amide bonds. The molecule has 0 bridgehead atoms. The minimum atomic E-state index is -1.31. The molecule has 0 fully saturated rings. The maximum Gasteiger partial charge on any atom is 0.326 e. The normalized spacial score (nSPS) is 14.8. The number of rotatable bonds is 18. The van der Waals surface area contributed by atoms with E-state index < -0.39 is 66.2 Å². The average molecular weight is 552 g/mol. The number of amides is 3. The second-order valence-electron chi connectivity index (χ2n) is 9.53. The van der Waals surface area contributed by atoms with Crippen LogP contribution in [0.15, 0.2) is 24.3 Å². The van der Waals surface area contributed by atoms with Gasteiger partial charge in [-0.2, -0.15) is 0 Å². The van der Waals surface area contributed by atoms with Crippen LogP contribution in [0.4, 0.5) is 0 Å². The van der Waals surface area contributed by atoms with Crippen LogP contribution in [-0.2, 0) is 30.4 Å². The second kappa shape index (κ2) is 17.0. The minimum absolute atomic E-state index is 0.00857. The number of aromatic hydroxyl groups is 1. The third kappa shape index (κ3) is 12.1. The minimum Gasteiger partial charge on any atom is -0.508 e. The van der Waals surface area contributed by atoms with Crippen LogP contribution < -0.4 is 27.4 Å². The largest absolute Gasteiger partial charge is 0.508 e. The number of carbonyl (C=O) groups excluding carboxylic acids is 3. The van der Waals surface area contributed by atoms with Crippen LogP contribution in [0.25, 0.3) is 0 Å². The smallest absolute Gasteiger partial charge is 0.326 e. The van der Waals surface area contributed by atoms with Gasteiger partial charge in [-0.1, -0.05) is 38.8 Å². The number of aliphatic carboxylic acids is 2. The van der Waals surface area contributed by atoms with Gasteiger partial charge in [0.25, 0.3) is 0 Å². The number of phenolic OH excluding ortho intramolecular Hbond substituents is 1. The van der Waals surface area contributed by atoms with E-state index in [4.69, 9.17) is 16.6 Å². The van der Waals surface area contributed by atoms with Crippen molar-refractivity contribution >= 4 is 29.7 Å². The predicted octanol–water partition coefficient (Wildman–Crippen LogP) is -0.159. The number of unbranched alkanes of at least 4 members (excludes halogenated alkanes) is 1. The molecule has 0 radical (unpaired) electrons. The van der Waals surface area contributed by atoms with Crippen LogP contribution in [0.1, 0.15) is 57.9 Å². The summed E-state index contributed by atoms with van der Waals surface area (Å²) in [5.74, 6) is -5.09. The van der Waals surface area contributed by atoms with Gasteiger partial charge in [-0.25, -0.2) is 4.79 Å². The van der Waals surface area contributed by atoms with Gasteiger partial charge in [0.05, 0.1) is 6.04 Å². The summed E-state index contributed by atoms with van der Waals surface area (Å²) in [6.07, 6.45) is 1.27. The van der Waals surface area contributed by atoms with Crippen molar-refractivity contribution in [3.8, 4) is 5.75 Å². The number of phenols is 1. The Morgan fingerprint density at radius 2 is 1.46 bits per heavy atom. The number of nitrogens with two attached hydrogens (primary N) is 2. The molecule has 1 aromatic rings. The van der Waals surface area contributed by atoms with Crippen LogP contribution in [0.2, 0.25) is 0 Å². The van der Waals surface area contributed by atoms with E-state index in [9.17, 15) is 34.2 Å². The molecule has 0 spiro atoms. The van der Waals surface area contributed by atoms with E-state index in [1.54, 1.807) is 13.8 Å². The molecule has 5 unspecified atom stereocenters. The molecule has 0 aliphatic rings. The maximum absolute atomic E-state index is 13.2. The molecule has 0 heterocycles. The zero-order chi connectivity index (χ0) is 29.5. The van der Waals surface area contributed by atoms with E-state index >= 15 is 0 Å². The highest BCUT2D eigenvalue weighted by molar-refractivity contribution is 5.94. The van der Waals surface area contributed by atoms with Crippen molar-refractivity contribution < 1.29 is 39.3 Å². The SMILES string of the molecule is CCC(C)C(NC(=O)C(Cc1ccc(O)cc1)NC(=O)C(CCC(=O)O)NC(=O)C(N)CCCCN)C(=O)O. The highest BCUT2D eigenvalue weighted by Crippen LogP contribution is 2.13. The van der Waals surface area contributed by atoms with E-state index in [1.807, 2.05) is 0 Å². The monoisotopic (exact) mass is 551 g/mol. The van der Waals surface area contributed by atoms with Gasteiger partial charge in [-0.15, -0.1) is 0 Å². The van der Waals surface area contributed by atoms with Crippen LogP contribution >= 0.6 is 0 Å². The molecule has 5 atom stereocenters. The fraction of sp³-hybridized carbons (Fsp3) is 0.577. The van der Waals surface area contributed by atoms with Gasteiger partial charge < -0.3 is 42.7 Å². The Kier molecular flexibility index (Phi) is 14.5. The number of hydrogen-bond donors (Lipinski definition) is 8. The summed E-state index contributed by atoms with van der Waals surface area (Å²) < 4.78 is 0. The van der Waals surface area contributed by atoms with Gasteiger partial charge in [0, 0.05) is 12.8 Å². The van der Waals surface area contributed by atoms with Crippen molar-refractivity contribution in [1.29, 1.82) is 0 Å². The standard InChI is InChI=1S/C26H41N5O8/c1-3-15(2)22(26(38)39)31-25(37)20(14-16-7-9-17(32)10-8-16)30-24(36)19(11-12-21(33)34)29-23(35)18(28)6-4-5-13-27/h7-10,15,18-20,22,32H,3-6,11-14,27-28H2,1-2H3,(H,29,35)(H,30,36)(H,31,37)(H,33,34)(H,38,39). The Hall–Kier alpha value is -3.71. The predicted molar refractivity (Wildman–Crippen MR) is 142 cm³/mol. The first-order valence-corrected chi connectivity index (χ1v) is 13.0. The van der Waals surface area contributed by atoms with Crippen LogP contribution in [-0.4, -0.2) is 75.7 Å². The van der Waals surface area contributed by atoms with E-state index in [1.165, 1.54) is 24.3 Å². The van der Waals surface area contributed by atoms with Gasteiger partial charge in [0.1, 0.15) is 23.9 Å². The van der Waals surface area contributed by atoms with Crippen LogP contribution in [0, 0.1) is 5.92 Å². The quantitative estimate of drug-likeness (QED) is 0.112. The lowest BCUT2D eigenvalue weighted by molar-refractivity contribution is -0.143. The number of carboxylic acids is 2. The Morgan fingerprint density at radius 3 is 2.00 bits per heavy atom. The summed E-state index contributed by atoms with van der Waals surface area (Å²) in [6.45, 7) is 3.88. The van der Waals surface area contributed by atoms with Crippen LogP contribution in [0.3, 0.4) is 0 Å². The molecule has 1 aromatic carbocycles. The molecule has 0 aromatic heterocycles. The second-order valence-corrected chi connectivity index (χ2v) is 9.53. The lowest BCUT2D eigenvalue weighted by Crippen LogP contribution is -2.58. The molecule has 13 nitrogen and oxygen atoms in total. The number of hydrogen-bond acceptors (Lipinski definition) is 8. The van der Waals surface area contributed by atoms with Crippen molar-refractivity contribution in [3.63, 3.8) is 0 Å². The third-order valence-corrected chi connectivity index (χ3v) is 6.37. The summed E-state index contributed by atoms with van der Waals surface area (Å²) in [5, 5.41) is 35.8. The zero-order valence-corrected chi connectivity index (χ0v) is 22.4. The molecule has 13 heteroatoms. The summed E-state index contributed by atoms with van der Waals surface area (Å²) in [5.41, 5.74) is 11.9. The lowest BCUT2D eigenvalue weighted by atomic mass is 9.98. The molecule has 0 aliphatic carbocycles. The highest BCUT2D eigenvalue weighted by Gasteiger charge is 2.32. The molecule has 0 saturated heterocycles. The Labute approximate surface area is 227 Å². The van der Waals surface area contributed by atoms with Gasteiger partial charge in [-0.3, -0.25) is 19.2 Å². The van der Waals surface area contributed by atoms with Crippen molar-refractivity contribution in [2.45, 2.75) is 83.0 Å². The maximum atomic E-state index is 13.2. The van der Waals surface area contributed by atoms with Crippen molar-refractivity contribution in [2.24, 2.45) is 17.4 Å². The molecule has 0 aliphatic heterocycles. The fourth-order valence-corrected chi connectivity index (χ4v) is 3.74. The van der Waals surface area contributed by atoms with Gasteiger partial charge in [-0.05, 0) is 49.4 Å². The van der Waals surface area contributed by atoms with E-state index in [0.717, 1.165) is 0 Å². The van der Waals surface area contributed by atoms with Crippen molar-refractivity contribution in [3.05, 3.63) is 29.8 Å². The Morgan fingerprint density at radius 1 is 0.872 bits per heavy atom. The summed E-state index contributed by atoms with van der Waals surface area (Å²) in [6, 6.07) is 1.13. The Balaban J connectivity index is 3.16. The van der Waals surface area contributed by atoms with E-state index in [2.05, 4.69) is 16.0 Å². The summed E-state index contributed by atoms with van der Waals surface area (Å²) >= 11 is 0. The van der Waals surface area contributed by atoms with Gasteiger partial charge >= 0.3 is 11.9 Å². The number of benzene rings is 1. The first-order chi connectivity index (χ1) is 18.4. The number of carbonyl (C=O) groups is 5. The fourth-order valence-electron chi connectivity index (χ4n) is 3.74. The molecule has 39 heavy (non-hydrogen) atoms. The number of nitrogens with one attached hydrogen (secondary N) is 3. The lowest BCUT2D eigenvalue weighted by Gasteiger charge is -2.26. The van der Waals surface area contributed by atoms with Gasteiger partial charge in [0.15, 0.2) is 0 Å². The third-order valence-electron chi connectivity index (χ3n) is 6.37. The molecule has 0 saturated carbocycles. The average Bonchev–Trinajstić information content (AvgIpc) is 2.89. The molecule has 10 N–H and O–H groups in total. The van der Waals surface area contributed by atoms with Crippen molar-refractivity contribution in [1.82, 2.24) is 16.0 Å². The van der Waals surface area contributed by atoms with Crippen molar-refractivity contribution in [2.75, 3.05) is 6.54 Å². The van der Waals surface area contributed by atoms with Gasteiger partial charge in [0.2, 0.25) is 17.7 Å². The number of carboxylic acid groups (broad SMARTS) is 2. The zero-order valence-electron chi connectivity index (χ0n) is 22.4.